The van der Waals surface area contributed by atoms with Crippen molar-refractivity contribution in [3.8, 4) is 0 Å². The van der Waals surface area contributed by atoms with E-state index in [1.54, 1.807) is 17.1 Å². The molecule has 0 bridgehead atoms. The number of nitrogens with one attached hydrogen (secondary N) is 2. The highest BCUT2D eigenvalue weighted by molar-refractivity contribution is 5.95. The molecule has 7 nitrogen and oxygen atoms in total. The molecule has 1 fully saturated rings. The van der Waals surface area contributed by atoms with Crippen molar-refractivity contribution in [3.63, 3.8) is 0 Å². The zero-order valence-corrected chi connectivity index (χ0v) is 15.9. The standard InChI is InChI=1S/C17H29N5O2.ClH/c1-3-17(4-2,12-18)16(24)21-14-9-19-22(10-14)11-15(23)20-13-7-5-6-8-13;/h9-10,13H,3-8,11-12,18H2,1-2H3,(H,20,23)(H,21,24);1H. The molecule has 142 valence electrons. The van der Waals surface area contributed by atoms with Crippen LogP contribution in [0.4, 0.5) is 5.69 Å². The fraction of sp³-hybridized carbons (Fsp3) is 0.706. The van der Waals surface area contributed by atoms with Gasteiger partial charge in [-0.3, -0.25) is 14.3 Å². The Morgan fingerprint density at radius 3 is 2.52 bits per heavy atom. The third-order valence-electron chi connectivity index (χ3n) is 5.14. The number of nitrogens with two attached hydrogens (primary N) is 1. The van der Waals surface area contributed by atoms with Crippen LogP contribution in [0.2, 0.25) is 0 Å². The summed E-state index contributed by atoms with van der Waals surface area (Å²) in [7, 11) is 0. The van der Waals surface area contributed by atoms with Gasteiger partial charge >= 0.3 is 0 Å². The minimum atomic E-state index is -0.554. The molecule has 2 rings (SSSR count). The van der Waals surface area contributed by atoms with Gasteiger partial charge in [-0.05, 0) is 25.7 Å². The molecule has 1 aromatic rings. The number of hydrogen-bond donors (Lipinski definition) is 3. The van der Waals surface area contributed by atoms with Crippen LogP contribution in [0, 0.1) is 5.41 Å². The molecule has 1 heterocycles. The van der Waals surface area contributed by atoms with Gasteiger partial charge in [0.2, 0.25) is 11.8 Å². The third kappa shape index (κ3) is 5.44. The average Bonchev–Trinajstić information content (AvgIpc) is 3.22. The maximum atomic E-state index is 12.5. The lowest BCUT2D eigenvalue weighted by atomic mass is 9.81. The van der Waals surface area contributed by atoms with E-state index in [-0.39, 0.29) is 30.8 Å². The van der Waals surface area contributed by atoms with E-state index in [2.05, 4.69) is 15.7 Å². The van der Waals surface area contributed by atoms with Crippen LogP contribution in [0.25, 0.3) is 0 Å². The highest BCUT2D eigenvalue weighted by Crippen LogP contribution is 2.26. The summed E-state index contributed by atoms with van der Waals surface area (Å²) in [6.45, 7) is 4.40. The molecular weight excluding hydrogens is 342 g/mol. The lowest BCUT2D eigenvalue weighted by molar-refractivity contribution is -0.125. The largest absolute Gasteiger partial charge is 0.352 e. The smallest absolute Gasteiger partial charge is 0.241 e. The highest BCUT2D eigenvalue weighted by Gasteiger charge is 2.33. The Kier molecular flexibility index (Phi) is 8.38. The summed E-state index contributed by atoms with van der Waals surface area (Å²) in [6, 6.07) is 0.298. The zero-order chi connectivity index (χ0) is 17.6. The van der Waals surface area contributed by atoms with Gasteiger partial charge in [0, 0.05) is 18.8 Å². The molecule has 1 aliphatic rings. The van der Waals surface area contributed by atoms with Crippen LogP contribution in [-0.2, 0) is 16.1 Å². The molecule has 0 atom stereocenters. The van der Waals surface area contributed by atoms with E-state index in [4.69, 9.17) is 5.73 Å². The second-order valence-corrected chi connectivity index (χ2v) is 6.62. The lowest BCUT2D eigenvalue weighted by Gasteiger charge is -2.28. The number of anilines is 1. The van der Waals surface area contributed by atoms with Crippen LogP contribution in [0.3, 0.4) is 0 Å². The molecule has 0 saturated heterocycles. The second kappa shape index (κ2) is 9.77. The van der Waals surface area contributed by atoms with E-state index in [1.165, 1.54) is 12.8 Å². The van der Waals surface area contributed by atoms with E-state index < -0.39 is 5.41 Å². The molecule has 1 saturated carbocycles. The van der Waals surface area contributed by atoms with Crippen molar-refractivity contribution >= 4 is 29.9 Å². The molecule has 0 spiro atoms. The Bertz CT molecular complexity index is 557. The Morgan fingerprint density at radius 1 is 1.32 bits per heavy atom. The molecule has 0 aromatic carbocycles. The average molecular weight is 372 g/mol. The minimum absolute atomic E-state index is 0. The van der Waals surface area contributed by atoms with Crippen molar-refractivity contribution in [1.29, 1.82) is 0 Å². The van der Waals surface area contributed by atoms with E-state index >= 15 is 0 Å². The van der Waals surface area contributed by atoms with Crippen LogP contribution in [0.15, 0.2) is 12.4 Å². The Balaban J connectivity index is 0.00000312. The Hall–Kier alpha value is -1.60. The van der Waals surface area contributed by atoms with Gasteiger partial charge in [0.05, 0.1) is 17.3 Å². The number of aromatic nitrogens is 2. The topological polar surface area (TPSA) is 102 Å². The van der Waals surface area contributed by atoms with Gasteiger partial charge in [0.1, 0.15) is 6.54 Å². The van der Waals surface area contributed by atoms with E-state index in [1.807, 2.05) is 13.8 Å². The first-order valence-corrected chi connectivity index (χ1v) is 8.86. The molecular formula is C17H30ClN5O2. The predicted octanol–water partition coefficient (Wildman–Crippen LogP) is 2.07. The van der Waals surface area contributed by atoms with Gasteiger partial charge in [0.15, 0.2) is 0 Å². The van der Waals surface area contributed by atoms with Crippen molar-refractivity contribution in [1.82, 2.24) is 15.1 Å². The molecule has 0 aliphatic heterocycles. The molecule has 2 amide bonds. The summed E-state index contributed by atoms with van der Waals surface area (Å²) in [5.74, 6) is -0.133. The van der Waals surface area contributed by atoms with Crippen LogP contribution >= 0.6 is 12.4 Å². The lowest BCUT2D eigenvalue weighted by Crippen LogP contribution is -2.41. The monoisotopic (exact) mass is 371 g/mol. The number of carbonyl (C=O) groups excluding carboxylic acids is 2. The van der Waals surface area contributed by atoms with Crippen molar-refractivity contribution in [2.75, 3.05) is 11.9 Å². The molecule has 0 radical (unpaired) electrons. The van der Waals surface area contributed by atoms with E-state index in [0.717, 1.165) is 12.8 Å². The fourth-order valence-corrected chi connectivity index (χ4v) is 3.22. The van der Waals surface area contributed by atoms with E-state index in [0.29, 0.717) is 31.1 Å². The van der Waals surface area contributed by atoms with Crippen LogP contribution < -0.4 is 16.4 Å². The Morgan fingerprint density at radius 2 is 1.96 bits per heavy atom. The van der Waals surface area contributed by atoms with Gasteiger partial charge in [-0.2, -0.15) is 5.10 Å². The molecule has 8 heteroatoms. The van der Waals surface area contributed by atoms with Crippen molar-refractivity contribution in [2.45, 2.75) is 65.0 Å². The molecule has 0 unspecified atom stereocenters. The van der Waals surface area contributed by atoms with Gasteiger partial charge in [-0.25, -0.2) is 0 Å². The minimum Gasteiger partial charge on any atom is -0.352 e. The molecule has 1 aromatic heterocycles. The molecule has 25 heavy (non-hydrogen) atoms. The summed E-state index contributed by atoms with van der Waals surface area (Å²) < 4.78 is 1.54. The first-order chi connectivity index (χ1) is 11.5. The number of hydrogen-bond acceptors (Lipinski definition) is 4. The fourth-order valence-electron chi connectivity index (χ4n) is 3.22. The number of carbonyl (C=O) groups is 2. The number of amides is 2. The van der Waals surface area contributed by atoms with Crippen molar-refractivity contribution in [2.24, 2.45) is 11.1 Å². The molecule has 4 N–H and O–H groups in total. The van der Waals surface area contributed by atoms with E-state index in [9.17, 15) is 9.59 Å². The Labute approximate surface area is 155 Å². The van der Waals surface area contributed by atoms with Crippen molar-refractivity contribution < 1.29 is 9.59 Å². The zero-order valence-electron chi connectivity index (χ0n) is 15.1. The summed E-state index contributed by atoms with van der Waals surface area (Å²) in [4.78, 5) is 24.5. The third-order valence-corrected chi connectivity index (χ3v) is 5.14. The predicted molar refractivity (Wildman–Crippen MR) is 101 cm³/mol. The van der Waals surface area contributed by atoms with Crippen LogP contribution in [-0.4, -0.2) is 34.2 Å². The quantitative estimate of drug-likeness (QED) is 0.650. The first-order valence-electron chi connectivity index (χ1n) is 8.86. The highest BCUT2D eigenvalue weighted by atomic mass is 35.5. The van der Waals surface area contributed by atoms with Crippen LogP contribution in [0.5, 0.6) is 0 Å². The van der Waals surface area contributed by atoms with Crippen LogP contribution in [0.1, 0.15) is 52.4 Å². The number of halogens is 1. The van der Waals surface area contributed by atoms with Gasteiger partial charge in [0.25, 0.3) is 0 Å². The van der Waals surface area contributed by atoms with Crippen molar-refractivity contribution in [3.05, 3.63) is 12.4 Å². The van der Waals surface area contributed by atoms with Gasteiger partial charge in [-0.15, -0.1) is 12.4 Å². The maximum absolute atomic E-state index is 12.5. The number of nitrogens with zero attached hydrogens (tertiary/aromatic N) is 2. The summed E-state index contributed by atoms with van der Waals surface area (Å²) >= 11 is 0. The van der Waals surface area contributed by atoms with Gasteiger partial charge in [-0.1, -0.05) is 26.7 Å². The second-order valence-electron chi connectivity index (χ2n) is 6.62. The van der Waals surface area contributed by atoms with Gasteiger partial charge < -0.3 is 16.4 Å². The normalized spacial score (nSPS) is 14.8. The SMILES string of the molecule is CCC(CC)(CN)C(=O)Nc1cnn(CC(=O)NC2CCCC2)c1.Cl. The summed E-state index contributed by atoms with van der Waals surface area (Å²) in [5, 5.41) is 10.0. The molecule has 1 aliphatic carbocycles. The maximum Gasteiger partial charge on any atom is 0.241 e. The summed E-state index contributed by atoms with van der Waals surface area (Å²) in [5.41, 5.74) is 5.84. The summed E-state index contributed by atoms with van der Waals surface area (Å²) in [6.07, 6.45) is 9.09. The first kappa shape index (κ1) is 21.4. The number of rotatable bonds is 8.